The van der Waals surface area contributed by atoms with Crippen LogP contribution in [0.5, 0.6) is 0 Å². The molecule has 126 valence electrons. The molecule has 0 unspecified atom stereocenters. The summed E-state index contributed by atoms with van der Waals surface area (Å²) in [6.45, 7) is 2.71. The fourth-order valence-corrected chi connectivity index (χ4v) is 3.29. The van der Waals surface area contributed by atoms with E-state index in [0.29, 0.717) is 6.54 Å². The summed E-state index contributed by atoms with van der Waals surface area (Å²) in [7, 11) is -1.63. The Kier molecular flexibility index (Phi) is 4.50. The van der Waals surface area contributed by atoms with Crippen molar-refractivity contribution >= 4 is 21.5 Å². The van der Waals surface area contributed by atoms with Gasteiger partial charge in [-0.3, -0.25) is 0 Å². The van der Waals surface area contributed by atoms with Crippen LogP contribution in [0.1, 0.15) is 5.56 Å². The lowest BCUT2D eigenvalue weighted by molar-refractivity contribution is 0.581. The summed E-state index contributed by atoms with van der Waals surface area (Å²) in [6.07, 6.45) is 3.45. The minimum absolute atomic E-state index is 0.272. The number of sulfonamides is 1. The van der Waals surface area contributed by atoms with E-state index in [1.165, 1.54) is 0 Å². The van der Waals surface area contributed by atoms with Crippen molar-refractivity contribution in [3.63, 3.8) is 0 Å². The SMILES string of the molecule is Cc1ccc(S(=O)(=O)NCCN(C)c2ccc3nccn3n2)cc1. The zero-order valence-electron chi connectivity index (χ0n) is 13.5. The molecule has 7 nitrogen and oxygen atoms in total. The molecule has 2 aromatic heterocycles. The van der Waals surface area contributed by atoms with Gasteiger partial charge in [0.25, 0.3) is 0 Å². The molecular weight excluding hydrogens is 326 g/mol. The first-order chi connectivity index (χ1) is 11.5. The first-order valence-electron chi connectivity index (χ1n) is 7.53. The minimum atomic E-state index is -3.49. The third-order valence-electron chi connectivity index (χ3n) is 3.70. The molecule has 0 fully saturated rings. The number of hydrogen-bond acceptors (Lipinski definition) is 5. The van der Waals surface area contributed by atoms with Crippen molar-refractivity contribution in [3.05, 3.63) is 54.4 Å². The van der Waals surface area contributed by atoms with Crippen LogP contribution >= 0.6 is 0 Å². The second-order valence-electron chi connectivity index (χ2n) is 5.55. The molecule has 0 aliphatic carbocycles. The molecule has 0 saturated carbocycles. The molecule has 0 aliphatic rings. The molecule has 24 heavy (non-hydrogen) atoms. The van der Waals surface area contributed by atoms with Crippen LogP contribution in [0.2, 0.25) is 0 Å². The Morgan fingerprint density at radius 2 is 1.92 bits per heavy atom. The Morgan fingerprint density at radius 1 is 1.17 bits per heavy atom. The molecular formula is C16H19N5O2S. The van der Waals surface area contributed by atoms with Crippen LogP contribution in [0.3, 0.4) is 0 Å². The van der Waals surface area contributed by atoms with Gasteiger partial charge >= 0.3 is 0 Å². The maximum atomic E-state index is 12.2. The van der Waals surface area contributed by atoms with Gasteiger partial charge < -0.3 is 4.90 Å². The number of nitrogens with zero attached hydrogens (tertiary/aromatic N) is 4. The van der Waals surface area contributed by atoms with E-state index in [9.17, 15) is 8.42 Å². The zero-order chi connectivity index (χ0) is 17.2. The third-order valence-corrected chi connectivity index (χ3v) is 5.18. The van der Waals surface area contributed by atoms with E-state index in [-0.39, 0.29) is 11.4 Å². The largest absolute Gasteiger partial charge is 0.357 e. The van der Waals surface area contributed by atoms with E-state index in [1.807, 2.05) is 31.0 Å². The monoisotopic (exact) mass is 345 g/mol. The van der Waals surface area contributed by atoms with E-state index >= 15 is 0 Å². The molecule has 0 saturated heterocycles. The van der Waals surface area contributed by atoms with E-state index in [1.54, 1.807) is 41.2 Å². The number of imidazole rings is 1. The molecule has 0 bridgehead atoms. The summed E-state index contributed by atoms with van der Waals surface area (Å²) >= 11 is 0. The summed E-state index contributed by atoms with van der Waals surface area (Å²) in [4.78, 5) is 6.30. The number of aromatic nitrogens is 3. The highest BCUT2D eigenvalue weighted by Crippen LogP contribution is 2.11. The van der Waals surface area contributed by atoms with Crippen molar-refractivity contribution in [1.82, 2.24) is 19.3 Å². The molecule has 0 aliphatic heterocycles. The Bertz CT molecular complexity index is 935. The molecule has 1 N–H and O–H groups in total. The van der Waals surface area contributed by atoms with Gasteiger partial charge in [0.2, 0.25) is 10.0 Å². The molecule has 2 heterocycles. The number of fused-ring (bicyclic) bond motifs is 1. The number of rotatable bonds is 6. The maximum absolute atomic E-state index is 12.2. The van der Waals surface area contributed by atoms with Crippen LogP contribution in [-0.4, -0.2) is 43.2 Å². The summed E-state index contributed by atoms with van der Waals surface area (Å²) in [5, 5.41) is 4.42. The van der Waals surface area contributed by atoms with Gasteiger partial charge in [-0.05, 0) is 31.2 Å². The number of hydrogen-bond donors (Lipinski definition) is 1. The van der Waals surface area contributed by atoms with Crippen molar-refractivity contribution in [2.24, 2.45) is 0 Å². The van der Waals surface area contributed by atoms with Gasteiger partial charge in [-0.2, -0.15) is 0 Å². The number of anilines is 1. The van der Waals surface area contributed by atoms with Gasteiger partial charge in [0.1, 0.15) is 5.82 Å². The third kappa shape index (κ3) is 3.55. The quantitative estimate of drug-likeness (QED) is 0.731. The number of nitrogens with one attached hydrogen (secondary N) is 1. The highest BCUT2D eigenvalue weighted by atomic mass is 32.2. The van der Waals surface area contributed by atoms with Gasteiger partial charge in [0, 0.05) is 32.5 Å². The average molecular weight is 345 g/mol. The van der Waals surface area contributed by atoms with E-state index < -0.39 is 10.0 Å². The van der Waals surface area contributed by atoms with E-state index in [2.05, 4.69) is 14.8 Å². The summed E-state index contributed by atoms with van der Waals surface area (Å²) in [6, 6.07) is 10.5. The van der Waals surface area contributed by atoms with Crippen molar-refractivity contribution in [2.75, 3.05) is 25.0 Å². The van der Waals surface area contributed by atoms with Crippen LogP contribution in [0.25, 0.3) is 5.65 Å². The fourth-order valence-electron chi connectivity index (χ4n) is 2.27. The van der Waals surface area contributed by atoms with Crippen LogP contribution in [-0.2, 0) is 10.0 Å². The van der Waals surface area contributed by atoms with E-state index in [0.717, 1.165) is 17.0 Å². The first kappa shape index (κ1) is 16.4. The Balaban J connectivity index is 1.61. The van der Waals surface area contributed by atoms with Crippen molar-refractivity contribution in [1.29, 1.82) is 0 Å². The van der Waals surface area contributed by atoms with Gasteiger partial charge in [0.05, 0.1) is 4.90 Å². The Morgan fingerprint density at radius 3 is 2.67 bits per heavy atom. The van der Waals surface area contributed by atoms with Crippen LogP contribution in [0.15, 0.2) is 53.7 Å². The van der Waals surface area contributed by atoms with Crippen LogP contribution in [0, 0.1) is 6.92 Å². The molecule has 0 atom stereocenters. The molecule has 3 rings (SSSR count). The molecule has 0 radical (unpaired) electrons. The molecule has 3 aromatic rings. The maximum Gasteiger partial charge on any atom is 0.240 e. The first-order valence-corrected chi connectivity index (χ1v) is 9.02. The second-order valence-corrected chi connectivity index (χ2v) is 7.32. The topological polar surface area (TPSA) is 79.6 Å². The lowest BCUT2D eigenvalue weighted by Crippen LogP contribution is -2.33. The normalized spacial score (nSPS) is 11.8. The van der Waals surface area contributed by atoms with Crippen LogP contribution < -0.4 is 9.62 Å². The second kappa shape index (κ2) is 6.58. The standard InChI is InChI=1S/C16H19N5O2S/c1-13-3-5-14(6-4-13)24(22,23)18-10-11-20(2)16-8-7-15-17-9-12-21(15)19-16/h3-9,12,18H,10-11H2,1-2H3. The number of benzene rings is 1. The molecule has 8 heteroatoms. The van der Waals surface area contributed by atoms with Gasteiger partial charge in [0.15, 0.2) is 5.65 Å². The molecule has 1 aromatic carbocycles. The van der Waals surface area contributed by atoms with Crippen molar-refractivity contribution in [2.45, 2.75) is 11.8 Å². The summed E-state index contributed by atoms with van der Waals surface area (Å²) in [5.41, 5.74) is 1.79. The predicted octanol–water partition coefficient (Wildman–Crippen LogP) is 1.45. The van der Waals surface area contributed by atoms with Gasteiger partial charge in [-0.25, -0.2) is 22.6 Å². The predicted molar refractivity (Wildman–Crippen MR) is 92.6 cm³/mol. The lowest BCUT2D eigenvalue weighted by atomic mass is 10.2. The molecule has 0 amide bonds. The summed E-state index contributed by atoms with van der Waals surface area (Å²) < 4.78 is 28.8. The van der Waals surface area contributed by atoms with Crippen molar-refractivity contribution in [3.8, 4) is 0 Å². The fraction of sp³-hybridized carbons (Fsp3) is 0.250. The smallest absolute Gasteiger partial charge is 0.240 e. The Labute approximate surface area is 141 Å². The average Bonchev–Trinajstić information content (AvgIpc) is 3.02. The highest BCUT2D eigenvalue weighted by Gasteiger charge is 2.13. The van der Waals surface area contributed by atoms with Crippen molar-refractivity contribution < 1.29 is 8.42 Å². The zero-order valence-corrected chi connectivity index (χ0v) is 14.4. The molecule has 0 spiro atoms. The van der Waals surface area contributed by atoms with Crippen LogP contribution in [0.4, 0.5) is 5.82 Å². The summed E-state index contributed by atoms with van der Waals surface area (Å²) in [5.74, 6) is 0.745. The Hall–Kier alpha value is -2.45. The lowest BCUT2D eigenvalue weighted by Gasteiger charge is -2.18. The van der Waals surface area contributed by atoms with Gasteiger partial charge in [-0.15, -0.1) is 5.10 Å². The van der Waals surface area contributed by atoms with E-state index in [4.69, 9.17) is 0 Å². The highest BCUT2D eigenvalue weighted by molar-refractivity contribution is 7.89. The number of likely N-dealkylation sites (N-methyl/N-ethyl adjacent to an activating group) is 1. The minimum Gasteiger partial charge on any atom is -0.357 e. The number of aryl methyl sites for hydroxylation is 1. The van der Waals surface area contributed by atoms with Gasteiger partial charge in [-0.1, -0.05) is 17.7 Å².